The fourth-order valence-electron chi connectivity index (χ4n) is 3.38. The van der Waals surface area contributed by atoms with Crippen molar-refractivity contribution in [2.75, 3.05) is 0 Å². The molecule has 0 aliphatic carbocycles. The molecule has 3 aromatic rings. The summed E-state index contributed by atoms with van der Waals surface area (Å²) in [6.45, 7) is 1.21. The number of hydrogen-bond acceptors (Lipinski definition) is 3. The normalized spacial score (nSPS) is 19.7. The molecule has 27 heavy (non-hydrogen) atoms. The first-order valence-corrected chi connectivity index (χ1v) is 8.12. The SMILES string of the molecule is CC1(O)OC(=O)C(c2c(F)cc(F)cc2F)=C1c1ccc2ccccc2c1. The molecular formula is C21H13F3O3. The number of fused-ring (bicyclic) bond motifs is 1. The second-order valence-electron chi connectivity index (χ2n) is 6.43. The van der Waals surface area contributed by atoms with Gasteiger partial charge < -0.3 is 9.84 Å². The fraction of sp³-hybridized carbons (Fsp3) is 0.0952. The van der Waals surface area contributed by atoms with Crippen molar-refractivity contribution in [3.63, 3.8) is 0 Å². The largest absolute Gasteiger partial charge is 0.425 e. The van der Waals surface area contributed by atoms with Crippen LogP contribution in [0.4, 0.5) is 13.2 Å². The summed E-state index contributed by atoms with van der Waals surface area (Å²) in [5.41, 5.74) is -0.919. The maximum atomic E-state index is 14.3. The van der Waals surface area contributed by atoms with Gasteiger partial charge in [0.15, 0.2) is 0 Å². The molecule has 136 valence electrons. The second-order valence-corrected chi connectivity index (χ2v) is 6.43. The number of benzene rings is 3. The van der Waals surface area contributed by atoms with Gasteiger partial charge in [-0.1, -0.05) is 36.4 Å². The second kappa shape index (κ2) is 5.96. The maximum Gasteiger partial charge on any atom is 0.342 e. The van der Waals surface area contributed by atoms with E-state index in [9.17, 15) is 23.1 Å². The highest BCUT2D eigenvalue weighted by atomic mass is 19.1. The van der Waals surface area contributed by atoms with Gasteiger partial charge in [-0.2, -0.15) is 0 Å². The maximum absolute atomic E-state index is 14.3. The molecule has 0 bridgehead atoms. The Balaban J connectivity index is 2.04. The van der Waals surface area contributed by atoms with Gasteiger partial charge in [0.25, 0.3) is 0 Å². The zero-order valence-electron chi connectivity index (χ0n) is 14.1. The molecule has 0 saturated carbocycles. The molecule has 0 spiro atoms. The van der Waals surface area contributed by atoms with Crippen molar-refractivity contribution in [1.29, 1.82) is 0 Å². The van der Waals surface area contributed by atoms with Crippen LogP contribution in [-0.2, 0) is 9.53 Å². The van der Waals surface area contributed by atoms with Crippen molar-refractivity contribution in [3.8, 4) is 0 Å². The van der Waals surface area contributed by atoms with Crippen molar-refractivity contribution in [1.82, 2.24) is 0 Å². The topological polar surface area (TPSA) is 46.5 Å². The molecule has 1 aliphatic rings. The minimum Gasteiger partial charge on any atom is -0.425 e. The first kappa shape index (κ1) is 17.3. The minimum atomic E-state index is -2.10. The highest BCUT2D eigenvalue weighted by Crippen LogP contribution is 2.44. The first-order valence-electron chi connectivity index (χ1n) is 8.12. The lowest BCUT2D eigenvalue weighted by molar-refractivity contribution is -0.169. The Hall–Kier alpha value is -3.12. The van der Waals surface area contributed by atoms with Gasteiger partial charge in [0, 0.05) is 24.6 Å². The van der Waals surface area contributed by atoms with Crippen molar-refractivity contribution in [2.45, 2.75) is 12.7 Å². The van der Waals surface area contributed by atoms with Crippen LogP contribution in [-0.4, -0.2) is 16.9 Å². The van der Waals surface area contributed by atoms with E-state index < -0.39 is 40.3 Å². The molecule has 0 fully saturated rings. The summed E-state index contributed by atoms with van der Waals surface area (Å²) in [5, 5.41) is 12.3. The highest BCUT2D eigenvalue weighted by Gasteiger charge is 2.45. The average Bonchev–Trinajstić information content (AvgIpc) is 2.82. The third-order valence-electron chi connectivity index (χ3n) is 4.50. The van der Waals surface area contributed by atoms with E-state index in [1.165, 1.54) is 6.92 Å². The van der Waals surface area contributed by atoms with Crippen molar-refractivity contribution in [3.05, 3.63) is 83.2 Å². The Bertz CT molecular complexity index is 1110. The molecule has 1 aliphatic heterocycles. The molecule has 1 N–H and O–H groups in total. The van der Waals surface area contributed by atoms with Crippen LogP contribution < -0.4 is 0 Å². The molecule has 3 nitrogen and oxygen atoms in total. The van der Waals surface area contributed by atoms with E-state index in [1.54, 1.807) is 18.2 Å². The zero-order chi connectivity index (χ0) is 19.3. The number of halogens is 3. The number of hydrogen-bond donors (Lipinski definition) is 1. The molecule has 0 saturated heterocycles. The number of carbonyl (C=O) groups is 1. The van der Waals surface area contributed by atoms with E-state index in [4.69, 9.17) is 4.74 Å². The van der Waals surface area contributed by atoms with Gasteiger partial charge in [-0.05, 0) is 22.4 Å². The molecule has 0 amide bonds. The lowest BCUT2D eigenvalue weighted by Crippen LogP contribution is -2.26. The number of rotatable bonds is 2. The highest BCUT2D eigenvalue weighted by molar-refractivity contribution is 6.28. The summed E-state index contributed by atoms with van der Waals surface area (Å²) in [5.74, 6) is -6.81. The number of aliphatic hydroxyl groups is 1. The van der Waals surface area contributed by atoms with E-state index >= 15 is 0 Å². The van der Waals surface area contributed by atoms with Gasteiger partial charge in [-0.25, -0.2) is 18.0 Å². The quantitative estimate of drug-likeness (QED) is 0.679. The summed E-state index contributed by atoms with van der Waals surface area (Å²) < 4.78 is 46.9. The third-order valence-corrected chi connectivity index (χ3v) is 4.50. The van der Waals surface area contributed by atoms with Crippen molar-refractivity contribution in [2.24, 2.45) is 0 Å². The van der Waals surface area contributed by atoms with Crippen LogP contribution in [0.25, 0.3) is 21.9 Å². The molecule has 6 heteroatoms. The van der Waals surface area contributed by atoms with Gasteiger partial charge in [-0.15, -0.1) is 0 Å². The standard InChI is InChI=1S/C21H13F3O3/c1-21(26)19(13-7-6-11-4-2-3-5-12(11)8-13)18(20(25)27-21)17-15(23)9-14(22)10-16(17)24/h2-10,26H,1H3. The summed E-state index contributed by atoms with van der Waals surface area (Å²) in [4.78, 5) is 12.4. The Labute approximate surface area is 152 Å². The number of cyclic esters (lactones) is 1. The number of ether oxygens (including phenoxy) is 1. The average molecular weight is 370 g/mol. The summed E-state index contributed by atoms with van der Waals surface area (Å²) >= 11 is 0. The molecular weight excluding hydrogens is 357 g/mol. The predicted octanol–water partition coefficient (Wildman–Crippen LogP) is 4.43. The smallest absolute Gasteiger partial charge is 0.342 e. The third kappa shape index (κ3) is 2.78. The number of esters is 1. The lowest BCUT2D eigenvalue weighted by Gasteiger charge is -2.20. The molecule has 3 aromatic carbocycles. The predicted molar refractivity (Wildman–Crippen MR) is 93.8 cm³/mol. The van der Waals surface area contributed by atoms with Crippen LogP contribution in [0.3, 0.4) is 0 Å². The lowest BCUT2D eigenvalue weighted by atomic mass is 9.90. The number of carbonyl (C=O) groups excluding carboxylic acids is 1. The van der Waals surface area contributed by atoms with Crippen LogP contribution in [0.15, 0.2) is 54.6 Å². The first-order chi connectivity index (χ1) is 12.8. The molecule has 4 rings (SSSR count). The van der Waals surface area contributed by atoms with E-state index in [-0.39, 0.29) is 5.57 Å². The monoisotopic (exact) mass is 370 g/mol. The van der Waals surface area contributed by atoms with Crippen molar-refractivity contribution >= 4 is 27.9 Å². The fourth-order valence-corrected chi connectivity index (χ4v) is 3.38. The molecule has 0 radical (unpaired) electrons. The van der Waals surface area contributed by atoms with Crippen LogP contribution in [0, 0.1) is 17.5 Å². The van der Waals surface area contributed by atoms with Crippen LogP contribution >= 0.6 is 0 Å². The van der Waals surface area contributed by atoms with Crippen LogP contribution in [0.2, 0.25) is 0 Å². The van der Waals surface area contributed by atoms with Gasteiger partial charge in [0.2, 0.25) is 5.79 Å². The Kier molecular flexibility index (Phi) is 3.82. The van der Waals surface area contributed by atoms with E-state index in [2.05, 4.69) is 0 Å². The molecule has 1 atom stereocenters. The molecule has 0 aromatic heterocycles. The zero-order valence-corrected chi connectivity index (χ0v) is 14.1. The van der Waals surface area contributed by atoms with Crippen LogP contribution in [0.5, 0.6) is 0 Å². The Morgan fingerprint density at radius 1 is 0.926 bits per heavy atom. The van der Waals surface area contributed by atoms with Crippen molar-refractivity contribution < 1.29 is 27.8 Å². The van der Waals surface area contributed by atoms with E-state index in [1.807, 2.05) is 24.3 Å². The summed E-state index contributed by atoms with van der Waals surface area (Å²) in [6, 6.07) is 13.4. The van der Waals surface area contributed by atoms with Gasteiger partial charge >= 0.3 is 5.97 Å². The van der Waals surface area contributed by atoms with Gasteiger partial charge in [0.05, 0.1) is 11.1 Å². The Morgan fingerprint density at radius 3 is 2.22 bits per heavy atom. The summed E-state index contributed by atoms with van der Waals surface area (Å²) in [7, 11) is 0. The minimum absolute atomic E-state index is 0.0809. The molecule has 1 heterocycles. The molecule has 1 unspecified atom stereocenters. The van der Waals surface area contributed by atoms with Gasteiger partial charge in [0.1, 0.15) is 17.5 Å². The Morgan fingerprint density at radius 2 is 1.56 bits per heavy atom. The van der Waals surface area contributed by atoms with E-state index in [0.29, 0.717) is 17.7 Å². The van der Waals surface area contributed by atoms with E-state index in [0.717, 1.165) is 10.8 Å². The van der Waals surface area contributed by atoms with Gasteiger partial charge in [-0.3, -0.25) is 0 Å². The van der Waals surface area contributed by atoms with Crippen LogP contribution in [0.1, 0.15) is 18.1 Å². The summed E-state index contributed by atoms with van der Waals surface area (Å²) in [6.07, 6.45) is 0.